The molecule has 1 amide bonds. The number of nitrogens with one attached hydrogen (secondary N) is 1. The lowest BCUT2D eigenvalue weighted by atomic mass is 10.0. The van der Waals surface area contributed by atoms with Crippen molar-refractivity contribution in [2.24, 2.45) is 0 Å². The monoisotopic (exact) mass is 823 g/mol. The molecule has 0 heterocycles. The van der Waals surface area contributed by atoms with Crippen LogP contribution in [0.2, 0.25) is 0 Å². The number of hydrogen-bond acceptors (Lipinski definition) is 6. The Labute approximate surface area is 352 Å². The Kier molecular flexibility index (Phi) is 38.8. The van der Waals surface area contributed by atoms with Gasteiger partial charge in [0.05, 0.1) is 39.9 Å². The Balaban J connectivity index is 4.42. The molecule has 3 unspecified atom stereocenters. The second kappa shape index (κ2) is 39.9. The smallest absolute Gasteiger partial charge is 0.268 e. The first-order valence-electron chi connectivity index (χ1n) is 23.5. The van der Waals surface area contributed by atoms with E-state index in [1.54, 1.807) is 6.08 Å². The van der Waals surface area contributed by atoms with E-state index in [4.69, 9.17) is 9.05 Å². The van der Waals surface area contributed by atoms with Crippen LogP contribution in [-0.4, -0.2) is 68.5 Å². The number of rotatable bonds is 42. The fraction of sp³-hybridized carbons (Fsp3) is 0.812. The number of allylic oxidation sites excluding steroid dienone is 7. The fourth-order valence-electron chi connectivity index (χ4n) is 6.47. The summed E-state index contributed by atoms with van der Waals surface area (Å²) in [4.78, 5) is 25.3. The lowest BCUT2D eigenvalue weighted by Gasteiger charge is -2.29. The summed E-state index contributed by atoms with van der Waals surface area (Å²) in [6.45, 7) is 4.58. The second-order valence-corrected chi connectivity index (χ2v) is 18.5. The van der Waals surface area contributed by atoms with Gasteiger partial charge in [0.1, 0.15) is 13.2 Å². The number of nitrogens with zero attached hydrogens (tertiary/aromatic N) is 1. The van der Waals surface area contributed by atoms with Crippen molar-refractivity contribution in [2.75, 3.05) is 40.9 Å². The molecule has 0 aliphatic heterocycles. The second-order valence-electron chi connectivity index (χ2n) is 17.1. The first-order chi connectivity index (χ1) is 27.5. The molecule has 0 aliphatic rings. The highest BCUT2D eigenvalue weighted by Gasteiger charge is 2.23. The van der Waals surface area contributed by atoms with Crippen molar-refractivity contribution in [1.29, 1.82) is 0 Å². The average molecular weight is 823 g/mol. The van der Waals surface area contributed by atoms with E-state index < -0.39 is 26.6 Å². The summed E-state index contributed by atoms with van der Waals surface area (Å²) in [5, 5.41) is 13.7. The highest BCUT2D eigenvalue weighted by Crippen LogP contribution is 2.38. The molecule has 0 aromatic rings. The lowest BCUT2D eigenvalue weighted by Crippen LogP contribution is -2.45. The van der Waals surface area contributed by atoms with E-state index in [0.717, 1.165) is 64.2 Å². The van der Waals surface area contributed by atoms with Crippen molar-refractivity contribution < 1.29 is 32.9 Å². The standard InChI is InChI=1S/C48H91N2O6P/c1-6-8-10-12-14-16-18-20-21-22-23-24-25-26-27-28-29-30-31-33-35-37-39-41-47(51)46(45-56-57(53,54)55-44-43-50(3,4)5)49-48(52)42-40-38-36-34-32-19-17-15-13-11-9-7-2/h15,17,27-28,31,33,39,41,46-47,51H,6-14,16,18-26,29-30,32,34-38,40,42-45H2,1-5H3,(H-,49,52,53,54)/b17-15-,28-27+,33-31+,41-39+. The number of carbonyl (C=O) groups is 1. The molecule has 0 bridgehead atoms. The van der Waals surface area contributed by atoms with Gasteiger partial charge >= 0.3 is 0 Å². The molecule has 0 fully saturated rings. The van der Waals surface area contributed by atoms with E-state index in [2.05, 4.69) is 55.6 Å². The van der Waals surface area contributed by atoms with Crippen molar-refractivity contribution in [3.8, 4) is 0 Å². The fourth-order valence-corrected chi connectivity index (χ4v) is 7.19. The Bertz CT molecular complexity index is 1070. The molecular formula is C48H91N2O6P. The van der Waals surface area contributed by atoms with E-state index in [9.17, 15) is 19.4 Å². The number of likely N-dealkylation sites (N-methyl/N-ethyl adjacent to an activating group) is 1. The summed E-state index contributed by atoms with van der Waals surface area (Å²) >= 11 is 0. The maximum atomic E-state index is 12.8. The van der Waals surface area contributed by atoms with Crippen molar-refractivity contribution in [3.63, 3.8) is 0 Å². The zero-order valence-electron chi connectivity index (χ0n) is 37.8. The van der Waals surface area contributed by atoms with Gasteiger partial charge in [0.15, 0.2) is 0 Å². The van der Waals surface area contributed by atoms with Crippen LogP contribution in [0.5, 0.6) is 0 Å². The number of quaternary nitrogens is 1. The molecule has 0 aromatic heterocycles. The third-order valence-electron chi connectivity index (χ3n) is 10.2. The van der Waals surface area contributed by atoms with E-state index in [1.807, 2.05) is 27.2 Å². The number of amides is 1. The van der Waals surface area contributed by atoms with Crippen LogP contribution in [0.25, 0.3) is 0 Å². The molecule has 0 aromatic carbocycles. The summed E-state index contributed by atoms with van der Waals surface area (Å²) in [7, 11) is 1.23. The molecule has 0 saturated heterocycles. The molecule has 9 heteroatoms. The Morgan fingerprint density at radius 1 is 0.596 bits per heavy atom. The zero-order chi connectivity index (χ0) is 42.1. The minimum Gasteiger partial charge on any atom is -0.756 e. The number of phosphoric acid groups is 1. The maximum absolute atomic E-state index is 12.8. The molecule has 0 aliphatic carbocycles. The Morgan fingerprint density at radius 3 is 1.46 bits per heavy atom. The van der Waals surface area contributed by atoms with E-state index in [1.165, 1.54) is 116 Å². The largest absolute Gasteiger partial charge is 0.756 e. The molecule has 0 rings (SSSR count). The van der Waals surface area contributed by atoms with Gasteiger partial charge in [-0.25, -0.2) is 0 Å². The normalized spacial score (nSPS) is 14.7. The molecule has 3 atom stereocenters. The third-order valence-corrected chi connectivity index (χ3v) is 11.2. The number of unbranched alkanes of at least 4 members (excludes halogenated alkanes) is 23. The predicted octanol–water partition coefficient (Wildman–Crippen LogP) is 12.6. The molecule has 334 valence electrons. The van der Waals surface area contributed by atoms with Gasteiger partial charge in [-0.2, -0.15) is 0 Å². The predicted molar refractivity (Wildman–Crippen MR) is 242 cm³/mol. The highest BCUT2D eigenvalue weighted by molar-refractivity contribution is 7.45. The van der Waals surface area contributed by atoms with Gasteiger partial charge < -0.3 is 28.8 Å². The van der Waals surface area contributed by atoms with Crippen molar-refractivity contribution in [3.05, 3.63) is 48.6 Å². The number of aliphatic hydroxyl groups excluding tert-OH is 1. The first kappa shape index (κ1) is 55.5. The number of hydrogen-bond donors (Lipinski definition) is 2. The van der Waals surface area contributed by atoms with Gasteiger partial charge in [-0.1, -0.05) is 172 Å². The van der Waals surface area contributed by atoms with E-state index in [0.29, 0.717) is 17.4 Å². The van der Waals surface area contributed by atoms with Crippen molar-refractivity contribution >= 4 is 13.7 Å². The molecule has 57 heavy (non-hydrogen) atoms. The average Bonchev–Trinajstić information content (AvgIpc) is 3.16. The molecule has 0 radical (unpaired) electrons. The van der Waals surface area contributed by atoms with Crippen LogP contribution in [0.3, 0.4) is 0 Å². The van der Waals surface area contributed by atoms with E-state index in [-0.39, 0.29) is 12.5 Å². The van der Waals surface area contributed by atoms with Crippen LogP contribution < -0.4 is 10.2 Å². The molecule has 8 nitrogen and oxygen atoms in total. The van der Waals surface area contributed by atoms with Crippen LogP contribution in [-0.2, 0) is 18.4 Å². The topological polar surface area (TPSA) is 108 Å². The molecular weight excluding hydrogens is 732 g/mol. The number of carbonyl (C=O) groups excluding carboxylic acids is 1. The number of phosphoric ester groups is 1. The maximum Gasteiger partial charge on any atom is 0.268 e. The number of aliphatic hydroxyl groups is 1. The van der Waals surface area contributed by atoms with Crippen LogP contribution in [0.15, 0.2) is 48.6 Å². The highest BCUT2D eigenvalue weighted by atomic mass is 31.2. The Hall–Kier alpha value is -1.54. The van der Waals surface area contributed by atoms with Crippen LogP contribution >= 0.6 is 7.82 Å². The Morgan fingerprint density at radius 2 is 0.982 bits per heavy atom. The van der Waals surface area contributed by atoms with Gasteiger partial charge in [0.25, 0.3) is 7.82 Å². The van der Waals surface area contributed by atoms with Gasteiger partial charge in [-0.05, 0) is 70.6 Å². The first-order valence-corrected chi connectivity index (χ1v) is 25.0. The molecule has 0 spiro atoms. The lowest BCUT2D eigenvalue weighted by molar-refractivity contribution is -0.870. The summed E-state index contributed by atoms with van der Waals surface area (Å²) in [6.07, 6.45) is 50.3. The molecule has 0 saturated carbocycles. The van der Waals surface area contributed by atoms with Gasteiger partial charge in [-0.15, -0.1) is 0 Å². The summed E-state index contributed by atoms with van der Waals surface area (Å²) in [5.74, 6) is -0.223. The van der Waals surface area contributed by atoms with Crippen LogP contribution in [0.4, 0.5) is 0 Å². The molecule has 2 N–H and O–H groups in total. The van der Waals surface area contributed by atoms with Crippen molar-refractivity contribution in [1.82, 2.24) is 5.32 Å². The summed E-state index contributed by atoms with van der Waals surface area (Å²) < 4.78 is 23.2. The zero-order valence-corrected chi connectivity index (χ0v) is 38.7. The minimum atomic E-state index is -4.60. The van der Waals surface area contributed by atoms with Crippen LogP contribution in [0, 0.1) is 0 Å². The van der Waals surface area contributed by atoms with Gasteiger partial charge in [0.2, 0.25) is 5.91 Å². The quantitative estimate of drug-likeness (QED) is 0.0275. The third kappa shape index (κ3) is 42.4. The van der Waals surface area contributed by atoms with Crippen molar-refractivity contribution in [2.45, 2.75) is 212 Å². The van der Waals surface area contributed by atoms with E-state index >= 15 is 0 Å². The van der Waals surface area contributed by atoms with Crippen LogP contribution in [0.1, 0.15) is 200 Å². The van der Waals surface area contributed by atoms with Gasteiger partial charge in [-0.3, -0.25) is 9.36 Å². The SMILES string of the molecule is CCCCC/C=C\CCCCCCCC(=O)NC(COP(=O)([O-])OCC[N+](C)(C)C)C(O)/C=C/CC/C=C/CC/C=C/CCCCCCCCCCCCCCC. The summed E-state index contributed by atoms with van der Waals surface area (Å²) in [5.41, 5.74) is 0. The van der Waals surface area contributed by atoms with Gasteiger partial charge in [0, 0.05) is 6.42 Å². The minimum absolute atomic E-state index is 0.0116. The summed E-state index contributed by atoms with van der Waals surface area (Å²) in [6, 6.07) is -0.913.